The van der Waals surface area contributed by atoms with Crippen LogP contribution < -0.4 is 10.2 Å². The van der Waals surface area contributed by atoms with Crippen molar-refractivity contribution in [1.82, 2.24) is 5.32 Å². The third-order valence-electron chi connectivity index (χ3n) is 3.16. The van der Waals surface area contributed by atoms with Crippen LogP contribution in [-0.4, -0.2) is 26.0 Å². The summed E-state index contributed by atoms with van der Waals surface area (Å²) in [5, 5.41) is 3.28. The molecule has 1 N–H and O–H groups in total. The summed E-state index contributed by atoms with van der Waals surface area (Å²) in [6.45, 7) is 1.91. The van der Waals surface area contributed by atoms with Crippen LogP contribution in [0.25, 0.3) is 0 Å². The van der Waals surface area contributed by atoms with Crippen LogP contribution in [0.1, 0.15) is 12.8 Å². The maximum atomic E-state index is 12.2. The Morgan fingerprint density at radius 1 is 1.25 bits per heavy atom. The molecular formula is C13H18N2O. The Bertz CT molecular complexity index is 344. The molecule has 0 spiro atoms. The van der Waals surface area contributed by atoms with Gasteiger partial charge in [0.25, 0.3) is 0 Å². The summed E-state index contributed by atoms with van der Waals surface area (Å²) in [6, 6.07) is 9.83. The van der Waals surface area contributed by atoms with E-state index in [1.54, 1.807) is 4.90 Å². The number of carbonyl (C=O) groups is 1. The standard InChI is InChI=1S/C13H18N2O/c1-15(12-5-3-2-4-6-12)13(16)11-7-9-14-10-8-11/h2-6,11,14H,7-10H2,1H3. The number of rotatable bonds is 2. The van der Waals surface area contributed by atoms with Crippen molar-refractivity contribution in [3.63, 3.8) is 0 Å². The zero-order valence-electron chi connectivity index (χ0n) is 9.65. The summed E-state index contributed by atoms with van der Waals surface area (Å²) in [5.74, 6) is 0.430. The molecule has 1 amide bonds. The first-order chi connectivity index (χ1) is 7.79. The molecule has 3 heteroatoms. The molecule has 0 atom stereocenters. The highest BCUT2D eigenvalue weighted by Gasteiger charge is 2.24. The highest BCUT2D eigenvalue weighted by Crippen LogP contribution is 2.19. The van der Waals surface area contributed by atoms with E-state index in [9.17, 15) is 4.79 Å². The predicted octanol–water partition coefficient (Wildman–Crippen LogP) is 1.65. The zero-order valence-corrected chi connectivity index (χ0v) is 9.65. The average molecular weight is 218 g/mol. The lowest BCUT2D eigenvalue weighted by Crippen LogP contribution is -2.39. The van der Waals surface area contributed by atoms with Crippen LogP contribution in [0.4, 0.5) is 5.69 Å². The molecule has 0 radical (unpaired) electrons. The average Bonchev–Trinajstić information content (AvgIpc) is 2.39. The molecule has 1 aliphatic heterocycles. The van der Waals surface area contributed by atoms with Gasteiger partial charge in [-0.3, -0.25) is 4.79 Å². The highest BCUT2D eigenvalue weighted by atomic mass is 16.2. The summed E-state index contributed by atoms with van der Waals surface area (Å²) in [5.41, 5.74) is 0.978. The number of para-hydroxylation sites is 1. The summed E-state index contributed by atoms with van der Waals surface area (Å²) in [6.07, 6.45) is 1.91. The third kappa shape index (κ3) is 2.42. The number of hydrogen-bond acceptors (Lipinski definition) is 2. The van der Waals surface area contributed by atoms with Gasteiger partial charge in [-0.15, -0.1) is 0 Å². The number of benzene rings is 1. The van der Waals surface area contributed by atoms with E-state index in [0.29, 0.717) is 0 Å². The minimum atomic E-state index is 0.187. The molecule has 1 aromatic rings. The van der Waals surface area contributed by atoms with E-state index in [0.717, 1.165) is 31.6 Å². The van der Waals surface area contributed by atoms with Gasteiger partial charge in [-0.1, -0.05) is 18.2 Å². The Balaban J connectivity index is 2.04. The van der Waals surface area contributed by atoms with Crippen molar-refractivity contribution in [3.05, 3.63) is 30.3 Å². The van der Waals surface area contributed by atoms with Crippen LogP contribution in [0.2, 0.25) is 0 Å². The summed E-state index contributed by atoms with van der Waals surface area (Å²) >= 11 is 0. The van der Waals surface area contributed by atoms with Crippen molar-refractivity contribution in [2.45, 2.75) is 12.8 Å². The van der Waals surface area contributed by atoms with Gasteiger partial charge in [0.2, 0.25) is 5.91 Å². The number of nitrogens with zero attached hydrogens (tertiary/aromatic N) is 1. The van der Waals surface area contributed by atoms with Crippen LogP contribution in [-0.2, 0) is 4.79 Å². The fourth-order valence-corrected chi connectivity index (χ4v) is 2.12. The fourth-order valence-electron chi connectivity index (χ4n) is 2.12. The molecule has 2 rings (SSSR count). The molecule has 86 valence electrons. The Kier molecular flexibility index (Phi) is 3.57. The molecule has 1 fully saturated rings. The van der Waals surface area contributed by atoms with Gasteiger partial charge in [0.05, 0.1) is 0 Å². The SMILES string of the molecule is CN(C(=O)C1CCNCC1)c1ccccc1. The van der Waals surface area contributed by atoms with E-state index in [1.165, 1.54) is 0 Å². The van der Waals surface area contributed by atoms with E-state index < -0.39 is 0 Å². The van der Waals surface area contributed by atoms with Crippen molar-refractivity contribution >= 4 is 11.6 Å². The lowest BCUT2D eigenvalue weighted by Gasteiger charge is -2.26. The second-order valence-corrected chi connectivity index (χ2v) is 4.26. The van der Waals surface area contributed by atoms with Gasteiger partial charge in [0, 0.05) is 18.7 Å². The van der Waals surface area contributed by atoms with Gasteiger partial charge in [-0.05, 0) is 38.1 Å². The van der Waals surface area contributed by atoms with E-state index in [2.05, 4.69) is 5.32 Å². The quantitative estimate of drug-likeness (QED) is 0.818. The first-order valence-corrected chi connectivity index (χ1v) is 5.82. The normalized spacial score (nSPS) is 17.1. The monoisotopic (exact) mass is 218 g/mol. The molecule has 1 saturated heterocycles. The molecule has 0 aromatic heterocycles. The molecular weight excluding hydrogens is 200 g/mol. The second kappa shape index (κ2) is 5.12. The van der Waals surface area contributed by atoms with Crippen molar-refractivity contribution in [2.24, 2.45) is 5.92 Å². The lowest BCUT2D eigenvalue weighted by molar-refractivity contribution is -0.122. The minimum Gasteiger partial charge on any atom is -0.317 e. The number of hydrogen-bond donors (Lipinski definition) is 1. The number of carbonyl (C=O) groups excluding carboxylic acids is 1. The van der Waals surface area contributed by atoms with Crippen molar-refractivity contribution in [2.75, 3.05) is 25.0 Å². The molecule has 3 nitrogen and oxygen atoms in total. The minimum absolute atomic E-state index is 0.187. The highest BCUT2D eigenvalue weighted by molar-refractivity contribution is 5.94. The van der Waals surface area contributed by atoms with E-state index in [-0.39, 0.29) is 11.8 Å². The van der Waals surface area contributed by atoms with E-state index in [1.807, 2.05) is 37.4 Å². The van der Waals surface area contributed by atoms with Crippen molar-refractivity contribution < 1.29 is 4.79 Å². The summed E-state index contributed by atoms with van der Waals surface area (Å²) < 4.78 is 0. The van der Waals surface area contributed by atoms with Gasteiger partial charge in [0.1, 0.15) is 0 Å². The molecule has 0 saturated carbocycles. The smallest absolute Gasteiger partial charge is 0.229 e. The van der Waals surface area contributed by atoms with Gasteiger partial charge < -0.3 is 10.2 Å². The maximum absolute atomic E-state index is 12.2. The zero-order chi connectivity index (χ0) is 11.4. The van der Waals surface area contributed by atoms with Crippen molar-refractivity contribution in [1.29, 1.82) is 0 Å². The Labute approximate surface area is 96.5 Å². The summed E-state index contributed by atoms with van der Waals surface area (Å²) in [7, 11) is 1.86. The Morgan fingerprint density at radius 2 is 1.88 bits per heavy atom. The third-order valence-corrected chi connectivity index (χ3v) is 3.16. The molecule has 1 heterocycles. The predicted molar refractivity (Wildman–Crippen MR) is 65.4 cm³/mol. The van der Waals surface area contributed by atoms with Crippen LogP contribution in [0.15, 0.2) is 30.3 Å². The first kappa shape index (κ1) is 11.1. The fraction of sp³-hybridized carbons (Fsp3) is 0.462. The Hall–Kier alpha value is -1.35. The van der Waals surface area contributed by atoms with Crippen molar-refractivity contribution in [3.8, 4) is 0 Å². The number of anilines is 1. The van der Waals surface area contributed by atoms with Crippen LogP contribution in [0.3, 0.4) is 0 Å². The topological polar surface area (TPSA) is 32.3 Å². The number of amides is 1. The Morgan fingerprint density at radius 3 is 2.50 bits per heavy atom. The first-order valence-electron chi connectivity index (χ1n) is 5.82. The number of piperidine rings is 1. The van der Waals surface area contributed by atoms with Gasteiger partial charge in [0.15, 0.2) is 0 Å². The maximum Gasteiger partial charge on any atom is 0.229 e. The largest absolute Gasteiger partial charge is 0.317 e. The van der Waals surface area contributed by atoms with Crippen LogP contribution >= 0.6 is 0 Å². The van der Waals surface area contributed by atoms with Crippen LogP contribution in [0, 0.1) is 5.92 Å². The van der Waals surface area contributed by atoms with Crippen LogP contribution in [0.5, 0.6) is 0 Å². The molecule has 0 unspecified atom stereocenters. The second-order valence-electron chi connectivity index (χ2n) is 4.26. The van der Waals surface area contributed by atoms with E-state index in [4.69, 9.17) is 0 Å². The number of nitrogens with one attached hydrogen (secondary N) is 1. The lowest BCUT2D eigenvalue weighted by atomic mass is 9.96. The van der Waals surface area contributed by atoms with E-state index >= 15 is 0 Å². The molecule has 1 aromatic carbocycles. The molecule has 16 heavy (non-hydrogen) atoms. The molecule has 0 aliphatic carbocycles. The molecule has 0 bridgehead atoms. The van der Waals surface area contributed by atoms with Gasteiger partial charge in [-0.25, -0.2) is 0 Å². The van der Waals surface area contributed by atoms with Gasteiger partial charge in [-0.2, -0.15) is 0 Å². The summed E-state index contributed by atoms with van der Waals surface area (Å²) in [4.78, 5) is 14.0. The van der Waals surface area contributed by atoms with Gasteiger partial charge >= 0.3 is 0 Å². The molecule has 1 aliphatic rings.